The molecule has 0 unspecified atom stereocenters. The second kappa shape index (κ2) is 13.2. The predicted molar refractivity (Wildman–Crippen MR) is 239 cm³/mol. The number of nitrogens with zero attached hydrogens (tertiary/aromatic N) is 2. The third-order valence-corrected chi connectivity index (χ3v) is 11.3. The normalized spacial score (nSPS) is 11.6. The minimum atomic E-state index is 1.10. The van der Waals surface area contributed by atoms with Crippen LogP contribution in [-0.4, -0.2) is 4.57 Å². The van der Waals surface area contributed by atoms with Crippen molar-refractivity contribution in [3.63, 3.8) is 0 Å². The van der Waals surface area contributed by atoms with E-state index in [0.717, 1.165) is 22.7 Å². The van der Waals surface area contributed by atoms with Crippen LogP contribution in [0.4, 0.5) is 17.1 Å². The molecule has 0 spiro atoms. The first-order valence-corrected chi connectivity index (χ1v) is 19.3. The molecule has 262 valence electrons. The molecule has 2 heteroatoms. The quantitative estimate of drug-likeness (QED) is 0.156. The molecule has 0 saturated carbocycles. The van der Waals surface area contributed by atoms with E-state index in [1.54, 1.807) is 0 Å². The molecule has 0 bridgehead atoms. The number of benzene rings is 10. The average Bonchev–Trinajstić information content (AvgIpc) is 3.62. The smallest absolute Gasteiger partial charge is 0.0619 e. The van der Waals surface area contributed by atoms with Crippen molar-refractivity contribution in [2.24, 2.45) is 0 Å². The molecule has 11 rings (SSSR count). The Kier molecular flexibility index (Phi) is 7.53. The van der Waals surface area contributed by atoms with Crippen molar-refractivity contribution in [1.82, 2.24) is 4.57 Å². The fourth-order valence-corrected chi connectivity index (χ4v) is 8.64. The van der Waals surface area contributed by atoms with Gasteiger partial charge in [-0.25, -0.2) is 0 Å². The summed E-state index contributed by atoms with van der Waals surface area (Å²) in [6.45, 7) is 0. The Hall–Kier alpha value is -7.42. The standard InChI is InChI=1S/C54H36N2/c1-3-12-37(13-4-1)42-16-11-19-46(34-42)55(47-31-26-41-23-22-39-14-7-9-20-48(39)52(41)36-47)45-29-24-38(25-30-45)43-28-32-50-51-33-27-40-15-8-10-21-49(40)54(51)56(53(50)35-43)44-17-5-2-6-18-44/h1-36H. The molecule has 0 aliphatic rings. The van der Waals surface area contributed by atoms with Gasteiger partial charge in [-0.3, -0.25) is 0 Å². The van der Waals surface area contributed by atoms with Gasteiger partial charge in [-0.05, 0) is 104 Å². The number of hydrogen-bond acceptors (Lipinski definition) is 1. The van der Waals surface area contributed by atoms with Crippen molar-refractivity contribution >= 4 is 71.2 Å². The largest absolute Gasteiger partial charge is 0.310 e. The van der Waals surface area contributed by atoms with Crippen molar-refractivity contribution in [3.05, 3.63) is 218 Å². The second-order valence-electron chi connectivity index (χ2n) is 14.6. The van der Waals surface area contributed by atoms with E-state index in [4.69, 9.17) is 0 Å². The molecule has 56 heavy (non-hydrogen) atoms. The first-order valence-electron chi connectivity index (χ1n) is 19.3. The Bertz CT molecular complexity index is 3230. The lowest BCUT2D eigenvalue weighted by molar-refractivity contribution is 1.19. The molecule has 11 aromatic rings. The number of hydrogen-bond donors (Lipinski definition) is 0. The molecule has 1 heterocycles. The van der Waals surface area contributed by atoms with Crippen molar-refractivity contribution in [2.45, 2.75) is 0 Å². The third-order valence-electron chi connectivity index (χ3n) is 11.3. The maximum atomic E-state index is 2.44. The van der Waals surface area contributed by atoms with Gasteiger partial charge in [0.2, 0.25) is 0 Å². The lowest BCUT2D eigenvalue weighted by Crippen LogP contribution is -2.10. The lowest BCUT2D eigenvalue weighted by atomic mass is 10.00. The lowest BCUT2D eigenvalue weighted by Gasteiger charge is -2.27. The van der Waals surface area contributed by atoms with Gasteiger partial charge >= 0.3 is 0 Å². The Morgan fingerprint density at radius 3 is 1.62 bits per heavy atom. The fraction of sp³-hybridized carbons (Fsp3) is 0. The SMILES string of the molecule is c1ccc(-c2cccc(N(c3ccc(-c4ccc5c6ccc7ccccc7c6n(-c6ccccc6)c5c4)cc3)c3ccc4ccc5ccccc5c4c3)c2)cc1. The van der Waals surface area contributed by atoms with Crippen LogP contribution in [0.3, 0.4) is 0 Å². The van der Waals surface area contributed by atoms with E-state index in [0.29, 0.717) is 0 Å². The predicted octanol–water partition coefficient (Wildman–Crippen LogP) is 15.0. The molecule has 0 aliphatic carbocycles. The van der Waals surface area contributed by atoms with Gasteiger partial charge in [0.15, 0.2) is 0 Å². The van der Waals surface area contributed by atoms with Gasteiger partial charge in [0.1, 0.15) is 0 Å². The molecular formula is C54H36N2. The van der Waals surface area contributed by atoms with Crippen LogP contribution in [0.2, 0.25) is 0 Å². The van der Waals surface area contributed by atoms with E-state index in [1.165, 1.54) is 76.4 Å². The van der Waals surface area contributed by atoms with Crippen LogP contribution < -0.4 is 4.90 Å². The molecule has 1 aromatic heterocycles. The van der Waals surface area contributed by atoms with E-state index in [9.17, 15) is 0 Å². The fourth-order valence-electron chi connectivity index (χ4n) is 8.64. The topological polar surface area (TPSA) is 8.17 Å². The summed E-state index contributed by atoms with van der Waals surface area (Å²) in [6.07, 6.45) is 0. The van der Waals surface area contributed by atoms with Crippen LogP contribution in [0.1, 0.15) is 0 Å². The second-order valence-corrected chi connectivity index (χ2v) is 14.6. The van der Waals surface area contributed by atoms with Gasteiger partial charge in [0.05, 0.1) is 11.0 Å². The minimum absolute atomic E-state index is 1.10. The van der Waals surface area contributed by atoms with E-state index in [-0.39, 0.29) is 0 Å². The van der Waals surface area contributed by atoms with Crippen LogP contribution in [0, 0.1) is 0 Å². The van der Waals surface area contributed by atoms with Gasteiger partial charge in [-0.1, -0.05) is 164 Å². The summed E-state index contributed by atoms with van der Waals surface area (Å²) in [5, 5.41) is 10.0. The number of anilines is 3. The molecule has 0 atom stereocenters. The number of para-hydroxylation sites is 1. The Morgan fingerprint density at radius 2 is 0.821 bits per heavy atom. The highest BCUT2D eigenvalue weighted by molar-refractivity contribution is 6.19. The maximum Gasteiger partial charge on any atom is 0.0619 e. The zero-order valence-corrected chi connectivity index (χ0v) is 30.7. The number of rotatable bonds is 6. The van der Waals surface area contributed by atoms with Crippen LogP contribution in [0.15, 0.2) is 218 Å². The summed E-state index contributed by atoms with van der Waals surface area (Å²) in [5.74, 6) is 0. The molecule has 0 radical (unpaired) electrons. The zero-order valence-electron chi connectivity index (χ0n) is 30.7. The van der Waals surface area contributed by atoms with E-state index >= 15 is 0 Å². The monoisotopic (exact) mass is 712 g/mol. The summed E-state index contributed by atoms with van der Waals surface area (Å²) in [6, 6.07) is 79.5. The molecular weight excluding hydrogens is 677 g/mol. The van der Waals surface area contributed by atoms with Crippen LogP contribution >= 0.6 is 0 Å². The summed E-state index contributed by atoms with van der Waals surface area (Å²) >= 11 is 0. The molecule has 2 nitrogen and oxygen atoms in total. The van der Waals surface area contributed by atoms with Crippen molar-refractivity contribution in [3.8, 4) is 27.9 Å². The van der Waals surface area contributed by atoms with Crippen LogP contribution in [0.5, 0.6) is 0 Å². The van der Waals surface area contributed by atoms with Gasteiger partial charge in [0.25, 0.3) is 0 Å². The zero-order chi connectivity index (χ0) is 37.0. The molecule has 0 N–H and O–H groups in total. The van der Waals surface area contributed by atoms with Crippen molar-refractivity contribution in [2.75, 3.05) is 4.90 Å². The third kappa shape index (κ3) is 5.34. The maximum absolute atomic E-state index is 2.44. The molecule has 10 aromatic carbocycles. The first-order chi connectivity index (χ1) is 27.8. The van der Waals surface area contributed by atoms with Gasteiger partial charge in [-0.2, -0.15) is 0 Å². The van der Waals surface area contributed by atoms with Crippen LogP contribution in [0.25, 0.3) is 82.1 Å². The summed E-state index contributed by atoms with van der Waals surface area (Å²) < 4.78 is 2.44. The highest BCUT2D eigenvalue weighted by Gasteiger charge is 2.18. The van der Waals surface area contributed by atoms with Crippen LogP contribution in [-0.2, 0) is 0 Å². The number of aromatic nitrogens is 1. The molecule has 0 saturated heterocycles. The highest BCUT2D eigenvalue weighted by Crippen LogP contribution is 2.41. The summed E-state index contributed by atoms with van der Waals surface area (Å²) in [5.41, 5.74) is 11.7. The van der Waals surface area contributed by atoms with E-state index in [2.05, 4.69) is 228 Å². The Balaban J connectivity index is 1.06. The average molecular weight is 713 g/mol. The molecule has 0 aliphatic heterocycles. The first kappa shape index (κ1) is 32.0. The highest BCUT2D eigenvalue weighted by atomic mass is 15.1. The van der Waals surface area contributed by atoms with Gasteiger partial charge in [-0.15, -0.1) is 0 Å². The molecule has 0 amide bonds. The van der Waals surface area contributed by atoms with E-state index in [1.807, 2.05) is 0 Å². The number of fused-ring (bicyclic) bond motifs is 8. The van der Waals surface area contributed by atoms with Gasteiger partial charge < -0.3 is 9.47 Å². The summed E-state index contributed by atoms with van der Waals surface area (Å²) in [7, 11) is 0. The summed E-state index contributed by atoms with van der Waals surface area (Å²) in [4.78, 5) is 2.39. The minimum Gasteiger partial charge on any atom is -0.310 e. The Labute approximate surface area is 325 Å². The van der Waals surface area contributed by atoms with E-state index < -0.39 is 0 Å². The Morgan fingerprint density at radius 1 is 0.286 bits per heavy atom. The van der Waals surface area contributed by atoms with Gasteiger partial charge in [0, 0.05) is 38.9 Å². The molecule has 0 fully saturated rings. The van der Waals surface area contributed by atoms with Crippen molar-refractivity contribution < 1.29 is 0 Å². The van der Waals surface area contributed by atoms with Crippen molar-refractivity contribution in [1.29, 1.82) is 0 Å².